The van der Waals surface area contributed by atoms with Gasteiger partial charge in [-0.2, -0.15) is 0 Å². The van der Waals surface area contributed by atoms with Gasteiger partial charge in [0.25, 0.3) is 0 Å². The average Bonchev–Trinajstić information content (AvgIpc) is 3.22. The van der Waals surface area contributed by atoms with Crippen LogP contribution in [0, 0.1) is 6.92 Å². The average molecular weight is 436 g/mol. The quantitative estimate of drug-likeness (QED) is 0.403. The molecule has 0 spiro atoms. The maximum absolute atomic E-state index is 5.41. The Bertz CT molecular complexity index is 1190. The summed E-state index contributed by atoms with van der Waals surface area (Å²) < 4.78 is 16.0. The zero-order valence-corrected chi connectivity index (χ0v) is 18.9. The standard InChI is InChI=1S/C24H25N3O3S/c1-15-26-23(25-12-11-16-5-10-20(29-3)21(13-16)30-4)22-19(14-31-24(22)27-15)17-6-8-18(28-2)9-7-17/h5-10,13-14H,11-12H2,1-4H3,(H,25,26,27). The minimum Gasteiger partial charge on any atom is -0.497 e. The Balaban J connectivity index is 1.59. The molecule has 31 heavy (non-hydrogen) atoms. The molecule has 0 aliphatic rings. The van der Waals surface area contributed by atoms with Crippen LogP contribution >= 0.6 is 11.3 Å². The van der Waals surface area contributed by atoms with Crippen molar-refractivity contribution in [2.75, 3.05) is 33.2 Å². The Morgan fingerprint density at radius 2 is 1.68 bits per heavy atom. The van der Waals surface area contributed by atoms with Crippen LogP contribution in [0.1, 0.15) is 11.4 Å². The number of benzene rings is 2. The van der Waals surface area contributed by atoms with E-state index in [4.69, 9.17) is 19.2 Å². The molecule has 0 amide bonds. The molecule has 1 N–H and O–H groups in total. The van der Waals surface area contributed by atoms with Gasteiger partial charge in [0.05, 0.1) is 26.7 Å². The van der Waals surface area contributed by atoms with Crippen molar-refractivity contribution in [3.8, 4) is 28.4 Å². The molecule has 0 atom stereocenters. The van der Waals surface area contributed by atoms with Crippen molar-refractivity contribution in [1.82, 2.24) is 9.97 Å². The molecule has 0 aliphatic carbocycles. The Kier molecular flexibility index (Phi) is 6.23. The van der Waals surface area contributed by atoms with E-state index in [2.05, 4.69) is 33.9 Å². The molecule has 6 nitrogen and oxygen atoms in total. The number of nitrogens with one attached hydrogen (secondary N) is 1. The van der Waals surface area contributed by atoms with Crippen LogP contribution in [0.2, 0.25) is 0 Å². The van der Waals surface area contributed by atoms with Crippen molar-refractivity contribution in [3.63, 3.8) is 0 Å². The summed E-state index contributed by atoms with van der Waals surface area (Å²) >= 11 is 1.63. The molecule has 2 heterocycles. The van der Waals surface area contributed by atoms with E-state index < -0.39 is 0 Å². The third-order valence-corrected chi connectivity index (χ3v) is 5.97. The summed E-state index contributed by atoms with van der Waals surface area (Å²) in [7, 11) is 4.96. The van der Waals surface area contributed by atoms with Crippen molar-refractivity contribution in [2.45, 2.75) is 13.3 Å². The van der Waals surface area contributed by atoms with Gasteiger partial charge in [0.1, 0.15) is 22.2 Å². The van der Waals surface area contributed by atoms with Crippen LogP contribution in [0.5, 0.6) is 17.2 Å². The Hall–Kier alpha value is -3.32. The third kappa shape index (κ3) is 4.41. The Labute approximate surface area is 185 Å². The summed E-state index contributed by atoms with van der Waals surface area (Å²) in [5, 5.41) is 6.71. The molecule has 0 saturated heterocycles. The van der Waals surface area contributed by atoms with Crippen molar-refractivity contribution >= 4 is 27.4 Å². The second kappa shape index (κ2) is 9.22. The number of hydrogen-bond acceptors (Lipinski definition) is 7. The molecular weight excluding hydrogens is 410 g/mol. The van der Waals surface area contributed by atoms with E-state index in [1.54, 1.807) is 32.7 Å². The first kappa shape index (κ1) is 20.9. The number of aryl methyl sites for hydroxylation is 1. The van der Waals surface area contributed by atoms with Crippen molar-refractivity contribution in [1.29, 1.82) is 0 Å². The second-order valence-electron chi connectivity index (χ2n) is 7.04. The molecule has 4 aromatic rings. The first-order valence-corrected chi connectivity index (χ1v) is 10.9. The number of aromatic nitrogens is 2. The maximum atomic E-state index is 5.41. The number of thiophene rings is 1. The predicted octanol–water partition coefficient (Wildman–Crippen LogP) is 5.35. The smallest absolute Gasteiger partial charge is 0.160 e. The second-order valence-corrected chi connectivity index (χ2v) is 7.90. The van der Waals surface area contributed by atoms with Crippen LogP contribution in [0.25, 0.3) is 21.3 Å². The van der Waals surface area contributed by atoms with Crippen molar-refractivity contribution in [3.05, 3.63) is 59.2 Å². The normalized spacial score (nSPS) is 10.8. The van der Waals surface area contributed by atoms with E-state index >= 15 is 0 Å². The van der Waals surface area contributed by atoms with Gasteiger partial charge in [-0.3, -0.25) is 0 Å². The van der Waals surface area contributed by atoms with Gasteiger partial charge in [-0.05, 0) is 48.7 Å². The lowest BCUT2D eigenvalue weighted by atomic mass is 10.1. The molecule has 160 valence electrons. The van der Waals surface area contributed by atoms with Crippen LogP contribution in [0.3, 0.4) is 0 Å². The lowest BCUT2D eigenvalue weighted by Crippen LogP contribution is -2.08. The van der Waals surface area contributed by atoms with Crippen LogP contribution in [-0.2, 0) is 6.42 Å². The third-order valence-electron chi connectivity index (χ3n) is 5.10. The number of hydrogen-bond donors (Lipinski definition) is 1. The summed E-state index contributed by atoms with van der Waals surface area (Å²) in [5.74, 6) is 3.91. The van der Waals surface area contributed by atoms with Gasteiger partial charge in [-0.1, -0.05) is 18.2 Å². The summed E-state index contributed by atoms with van der Waals surface area (Å²) in [6.07, 6.45) is 0.826. The predicted molar refractivity (Wildman–Crippen MR) is 126 cm³/mol. The van der Waals surface area contributed by atoms with Gasteiger partial charge in [0, 0.05) is 17.5 Å². The summed E-state index contributed by atoms with van der Waals surface area (Å²) in [5.41, 5.74) is 3.39. The number of nitrogens with zero attached hydrogens (tertiary/aromatic N) is 2. The largest absolute Gasteiger partial charge is 0.497 e. The fourth-order valence-corrected chi connectivity index (χ4v) is 4.51. The highest BCUT2D eigenvalue weighted by Crippen LogP contribution is 2.37. The molecule has 4 rings (SSSR count). The molecular formula is C24H25N3O3S. The van der Waals surface area contributed by atoms with Crippen molar-refractivity contribution < 1.29 is 14.2 Å². The molecule has 0 bridgehead atoms. The van der Waals surface area contributed by atoms with Gasteiger partial charge >= 0.3 is 0 Å². The van der Waals surface area contributed by atoms with E-state index in [9.17, 15) is 0 Å². The number of fused-ring (bicyclic) bond motifs is 1. The first-order valence-electron chi connectivity index (χ1n) is 9.98. The van der Waals surface area contributed by atoms with E-state index in [0.717, 1.165) is 68.8 Å². The highest BCUT2D eigenvalue weighted by molar-refractivity contribution is 7.17. The van der Waals surface area contributed by atoms with E-state index in [-0.39, 0.29) is 0 Å². The lowest BCUT2D eigenvalue weighted by molar-refractivity contribution is 0.354. The van der Waals surface area contributed by atoms with E-state index in [1.807, 2.05) is 31.2 Å². The molecule has 0 radical (unpaired) electrons. The number of methoxy groups -OCH3 is 3. The first-order chi connectivity index (χ1) is 15.1. The van der Waals surface area contributed by atoms with Crippen LogP contribution in [-0.4, -0.2) is 37.8 Å². The number of ether oxygens (including phenoxy) is 3. The van der Waals surface area contributed by atoms with E-state index in [0.29, 0.717) is 0 Å². The molecule has 0 aliphatic heterocycles. The number of anilines is 1. The summed E-state index contributed by atoms with van der Waals surface area (Å²) in [6.45, 7) is 2.66. The lowest BCUT2D eigenvalue weighted by Gasteiger charge is -2.12. The summed E-state index contributed by atoms with van der Waals surface area (Å²) in [4.78, 5) is 10.3. The fourth-order valence-electron chi connectivity index (χ4n) is 3.52. The summed E-state index contributed by atoms with van der Waals surface area (Å²) in [6, 6.07) is 14.1. The van der Waals surface area contributed by atoms with E-state index in [1.165, 1.54) is 0 Å². The van der Waals surface area contributed by atoms with Gasteiger partial charge < -0.3 is 19.5 Å². The SMILES string of the molecule is COc1ccc(-c2csc3nc(C)nc(NCCc4ccc(OC)c(OC)c4)c23)cc1. The Morgan fingerprint density at radius 1 is 0.903 bits per heavy atom. The highest BCUT2D eigenvalue weighted by atomic mass is 32.1. The molecule has 0 unspecified atom stereocenters. The van der Waals surface area contributed by atoms with Crippen molar-refractivity contribution in [2.24, 2.45) is 0 Å². The fraction of sp³-hybridized carbons (Fsp3) is 0.250. The van der Waals surface area contributed by atoms with Crippen LogP contribution in [0.15, 0.2) is 47.8 Å². The highest BCUT2D eigenvalue weighted by Gasteiger charge is 2.14. The minimum atomic E-state index is 0.731. The molecule has 0 saturated carbocycles. The monoisotopic (exact) mass is 435 g/mol. The van der Waals surface area contributed by atoms with Crippen LogP contribution < -0.4 is 19.5 Å². The van der Waals surface area contributed by atoms with Gasteiger partial charge in [0.15, 0.2) is 11.5 Å². The molecule has 2 aromatic heterocycles. The van der Waals surface area contributed by atoms with Gasteiger partial charge in [-0.15, -0.1) is 11.3 Å². The van der Waals surface area contributed by atoms with Gasteiger partial charge in [-0.25, -0.2) is 9.97 Å². The topological polar surface area (TPSA) is 65.5 Å². The molecule has 7 heteroatoms. The van der Waals surface area contributed by atoms with Crippen LogP contribution in [0.4, 0.5) is 5.82 Å². The zero-order chi connectivity index (χ0) is 21.8. The molecule has 0 fully saturated rings. The maximum Gasteiger partial charge on any atom is 0.160 e. The minimum absolute atomic E-state index is 0.731. The zero-order valence-electron chi connectivity index (χ0n) is 18.1. The van der Waals surface area contributed by atoms with Gasteiger partial charge in [0.2, 0.25) is 0 Å². The number of rotatable bonds is 8. The Morgan fingerprint density at radius 3 is 2.39 bits per heavy atom. The molecule has 2 aromatic carbocycles.